The van der Waals surface area contributed by atoms with Gasteiger partial charge in [-0.2, -0.15) is 0 Å². The largest absolute Gasteiger partial charge is 0.507 e. The zero-order valence-corrected chi connectivity index (χ0v) is 27.3. The van der Waals surface area contributed by atoms with Gasteiger partial charge < -0.3 is 5.11 Å². The van der Waals surface area contributed by atoms with Crippen molar-refractivity contribution in [1.29, 1.82) is 0 Å². The number of amides is 4. The first kappa shape index (κ1) is 31.1. The van der Waals surface area contributed by atoms with Crippen LogP contribution in [0, 0.1) is 34.9 Å². The predicted octanol–water partition coefficient (Wildman–Crippen LogP) is 6.98. The lowest BCUT2D eigenvalue weighted by molar-refractivity contribution is -0.131. The van der Waals surface area contributed by atoms with Gasteiger partial charge in [0.25, 0.3) is 0 Å². The molecule has 0 radical (unpaired) electrons. The smallest absolute Gasteiger partial charge is 0.241 e. The first-order valence-electron chi connectivity index (χ1n) is 16.2. The summed E-state index contributed by atoms with van der Waals surface area (Å²) >= 11 is 6.10. The molecule has 4 amide bonds. The normalized spacial score (nSPS) is 27.7. The van der Waals surface area contributed by atoms with Gasteiger partial charge in [0.1, 0.15) is 11.6 Å². The molecular weight excluding hydrogens is 647 g/mol. The third kappa shape index (κ3) is 4.31. The molecule has 2 aliphatic carbocycles. The summed E-state index contributed by atoms with van der Waals surface area (Å²) in [5, 5.41) is 12.9. The Balaban J connectivity index is 1.28. The number of Topliss-reactive ketones (excluding diaryl/α,β-unsaturated/α-hetero) is 1. The molecule has 6 atom stereocenters. The van der Waals surface area contributed by atoms with Crippen molar-refractivity contribution >= 4 is 63.2 Å². The number of benzene rings is 4. The second-order valence-electron chi connectivity index (χ2n) is 13.6. The molecule has 0 bridgehead atoms. The van der Waals surface area contributed by atoms with E-state index in [2.05, 4.69) is 0 Å². The average molecular weight is 677 g/mol. The molecule has 2 aliphatic heterocycles. The number of imide groups is 2. The van der Waals surface area contributed by atoms with Crippen LogP contribution in [0.4, 0.5) is 15.8 Å². The summed E-state index contributed by atoms with van der Waals surface area (Å²) in [5.74, 6) is -6.56. The number of aromatic hydroxyl groups is 1. The van der Waals surface area contributed by atoms with Crippen molar-refractivity contribution in [3.8, 4) is 5.75 Å². The number of nitrogens with zero attached hydrogens (tertiary/aromatic N) is 2. The van der Waals surface area contributed by atoms with E-state index in [1.807, 2.05) is 24.3 Å². The number of allylic oxidation sites excluding steroid dienone is 2. The van der Waals surface area contributed by atoms with Gasteiger partial charge in [0.2, 0.25) is 23.6 Å². The highest BCUT2D eigenvalue weighted by Gasteiger charge is 2.68. The minimum absolute atomic E-state index is 0.0312. The lowest BCUT2D eigenvalue weighted by Gasteiger charge is -2.49. The van der Waals surface area contributed by atoms with Crippen molar-refractivity contribution in [2.24, 2.45) is 29.1 Å². The Morgan fingerprint density at radius 3 is 2.31 bits per heavy atom. The van der Waals surface area contributed by atoms with E-state index in [1.165, 1.54) is 24.0 Å². The second kappa shape index (κ2) is 10.9. The Morgan fingerprint density at radius 2 is 1.59 bits per heavy atom. The Morgan fingerprint density at radius 1 is 0.878 bits per heavy atom. The summed E-state index contributed by atoms with van der Waals surface area (Å²) < 4.78 is 14.2. The van der Waals surface area contributed by atoms with Gasteiger partial charge in [-0.05, 0) is 80.5 Å². The van der Waals surface area contributed by atoms with Crippen molar-refractivity contribution in [1.82, 2.24) is 0 Å². The molecule has 0 spiro atoms. The molecule has 49 heavy (non-hydrogen) atoms. The maximum absolute atomic E-state index is 14.7. The zero-order valence-electron chi connectivity index (χ0n) is 26.5. The van der Waals surface area contributed by atoms with E-state index < -0.39 is 58.5 Å². The first-order valence-corrected chi connectivity index (χ1v) is 16.5. The molecule has 2 saturated heterocycles. The minimum Gasteiger partial charge on any atom is -0.507 e. The van der Waals surface area contributed by atoms with Gasteiger partial charge in [0.05, 0.1) is 39.6 Å². The number of carbonyl (C=O) groups is 5. The number of ketones is 1. The summed E-state index contributed by atoms with van der Waals surface area (Å²) in [4.78, 5) is 71.4. The minimum atomic E-state index is -1.40. The zero-order chi connectivity index (χ0) is 34.5. The van der Waals surface area contributed by atoms with E-state index >= 15 is 0 Å². The van der Waals surface area contributed by atoms with E-state index in [1.54, 1.807) is 49.4 Å². The van der Waals surface area contributed by atoms with Crippen LogP contribution in [0.15, 0.2) is 90.5 Å². The van der Waals surface area contributed by atoms with Gasteiger partial charge >= 0.3 is 0 Å². The van der Waals surface area contributed by atoms with Gasteiger partial charge in [0, 0.05) is 22.4 Å². The van der Waals surface area contributed by atoms with Crippen molar-refractivity contribution in [2.45, 2.75) is 32.6 Å². The number of anilines is 2. The van der Waals surface area contributed by atoms with Crippen LogP contribution in [0.1, 0.15) is 48.5 Å². The maximum atomic E-state index is 14.7. The third-order valence-electron chi connectivity index (χ3n) is 11.2. The van der Waals surface area contributed by atoms with Crippen LogP contribution >= 0.6 is 11.6 Å². The highest BCUT2D eigenvalue weighted by Crippen LogP contribution is 2.64. The van der Waals surface area contributed by atoms with E-state index in [-0.39, 0.29) is 41.0 Å². The fourth-order valence-corrected chi connectivity index (χ4v) is 9.01. The number of phenols is 1. The van der Waals surface area contributed by atoms with Crippen molar-refractivity contribution in [3.63, 3.8) is 0 Å². The molecular formula is C39H30ClFN2O6. The van der Waals surface area contributed by atoms with Crippen LogP contribution in [-0.4, -0.2) is 34.5 Å². The molecule has 0 aromatic heterocycles. The van der Waals surface area contributed by atoms with Crippen LogP contribution < -0.4 is 9.80 Å². The number of hydrogen-bond acceptors (Lipinski definition) is 6. The Bertz CT molecular complexity index is 2200. The molecule has 1 saturated carbocycles. The number of hydrogen-bond donors (Lipinski definition) is 1. The SMILES string of the molecule is CC(=O)c1ccc(N2C(=O)C3CC=C4C(CC5C(=O)N(c6ccc(F)c(Cl)c6)C(=O)C5(C)C4c4ccc5ccccc5c4O)C3C2=O)cc1. The molecule has 246 valence electrons. The molecule has 4 aliphatic rings. The number of carbonyl (C=O) groups excluding carboxylic acids is 5. The monoisotopic (exact) mass is 676 g/mol. The molecule has 2 heterocycles. The molecule has 10 heteroatoms. The molecule has 4 aromatic rings. The topological polar surface area (TPSA) is 112 Å². The van der Waals surface area contributed by atoms with E-state index in [4.69, 9.17) is 11.6 Å². The lowest BCUT2D eigenvalue weighted by Crippen LogP contribution is -2.48. The van der Waals surface area contributed by atoms with Crippen LogP contribution in [-0.2, 0) is 19.2 Å². The van der Waals surface area contributed by atoms with Crippen LogP contribution in [0.3, 0.4) is 0 Å². The van der Waals surface area contributed by atoms with Crippen LogP contribution in [0.5, 0.6) is 5.75 Å². The number of halogens is 2. The molecule has 6 unspecified atom stereocenters. The maximum Gasteiger partial charge on any atom is 0.241 e. The second-order valence-corrected chi connectivity index (χ2v) is 14.0. The molecule has 8 nitrogen and oxygen atoms in total. The Hall–Kier alpha value is -5.15. The first-order chi connectivity index (χ1) is 23.4. The summed E-state index contributed by atoms with van der Waals surface area (Å²) in [5.41, 5.74) is 0.688. The molecule has 3 fully saturated rings. The van der Waals surface area contributed by atoms with E-state index in [0.717, 1.165) is 21.9 Å². The van der Waals surface area contributed by atoms with Gasteiger partial charge in [-0.25, -0.2) is 9.29 Å². The average Bonchev–Trinajstić information content (AvgIpc) is 3.46. The van der Waals surface area contributed by atoms with Gasteiger partial charge in [-0.15, -0.1) is 0 Å². The summed E-state index contributed by atoms with van der Waals surface area (Å²) in [6.45, 7) is 3.15. The van der Waals surface area contributed by atoms with Crippen molar-refractivity contribution in [2.75, 3.05) is 9.80 Å². The van der Waals surface area contributed by atoms with Gasteiger partial charge in [-0.3, -0.25) is 28.9 Å². The fraction of sp³-hybridized carbons (Fsp3) is 0.256. The lowest BCUT2D eigenvalue weighted by atomic mass is 9.51. The van der Waals surface area contributed by atoms with Gasteiger partial charge in [0.15, 0.2) is 5.78 Å². The van der Waals surface area contributed by atoms with Crippen LogP contribution in [0.25, 0.3) is 10.8 Å². The molecule has 8 rings (SSSR count). The van der Waals surface area contributed by atoms with Gasteiger partial charge in [-0.1, -0.05) is 59.6 Å². The number of rotatable bonds is 4. The van der Waals surface area contributed by atoms with E-state index in [9.17, 15) is 33.5 Å². The Kier molecular flexibility index (Phi) is 6.95. The molecule has 4 aromatic carbocycles. The molecule has 1 N–H and O–H groups in total. The number of phenolic OH excluding ortho intramolecular Hbond substituents is 1. The predicted molar refractivity (Wildman–Crippen MR) is 181 cm³/mol. The van der Waals surface area contributed by atoms with Crippen molar-refractivity contribution < 1.29 is 33.5 Å². The summed E-state index contributed by atoms with van der Waals surface area (Å²) in [6.07, 6.45) is 2.25. The quantitative estimate of drug-likeness (QED) is 0.142. The highest BCUT2D eigenvalue weighted by molar-refractivity contribution is 6.32. The number of fused-ring (bicyclic) bond motifs is 5. The summed E-state index contributed by atoms with van der Waals surface area (Å²) in [6, 6.07) is 20.9. The fourth-order valence-electron chi connectivity index (χ4n) is 8.83. The van der Waals surface area contributed by atoms with E-state index in [0.29, 0.717) is 22.2 Å². The third-order valence-corrected chi connectivity index (χ3v) is 11.5. The summed E-state index contributed by atoms with van der Waals surface area (Å²) in [7, 11) is 0. The van der Waals surface area contributed by atoms with Crippen LogP contribution in [0.2, 0.25) is 5.02 Å². The standard InChI is InChI=1S/C39H30ClFN2O6/c1-19(44)20-7-10-22(11-8-20)42-35(46)26-15-14-25-28(32(26)37(42)48)18-29-36(47)43(23-12-16-31(41)30(40)17-23)38(49)39(29,2)33(25)27-13-9-21-5-3-4-6-24(21)34(27)45/h3-14,16-17,26,28-29,32-33,45H,15,18H2,1-2H3. The van der Waals surface area contributed by atoms with Crippen molar-refractivity contribution in [3.05, 3.63) is 112 Å². The Labute approximate surface area is 285 Å². The highest BCUT2D eigenvalue weighted by atomic mass is 35.5.